The molecule has 0 aliphatic heterocycles. The summed E-state index contributed by atoms with van der Waals surface area (Å²) in [7, 11) is 0. The third-order valence-electron chi connectivity index (χ3n) is 4.07. The molecule has 138 valence electrons. The van der Waals surface area contributed by atoms with Crippen LogP contribution in [-0.4, -0.2) is 18.0 Å². The minimum absolute atomic E-state index is 0.0624. The topological polar surface area (TPSA) is 137 Å². The fraction of sp³-hybridized carbons (Fsp3) is 0.158. The molecule has 0 bridgehead atoms. The molecule has 3 amide bonds. The molecule has 1 aliphatic carbocycles. The van der Waals surface area contributed by atoms with Crippen molar-refractivity contribution in [1.29, 1.82) is 5.53 Å². The molecule has 1 saturated carbocycles. The number of nitrogens with two attached hydrogens (primary N) is 2. The highest BCUT2D eigenvalue weighted by Gasteiger charge is 2.28. The second-order valence-electron chi connectivity index (χ2n) is 6.24. The predicted octanol–water partition coefficient (Wildman–Crippen LogP) is 2.05. The number of anilines is 1. The molecule has 7 N–H and O–H groups in total. The fourth-order valence-electron chi connectivity index (χ4n) is 2.59. The molecule has 2 aromatic carbocycles. The molecular weight excluding hydrogens is 344 g/mol. The smallest absolute Gasteiger partial charge is 0.316 e. The van der Waals surface area contributed by atoms with Crippen molar-refractivity contribution in [3.8, 4) is 0 Å². The third-order valence-corrected chi connectivity index (χ3v) is 4.07. The lowest BCUT2D eigenvalue weighted by atomic mass is 10.1. The van der Waals surface area contributed by atoms with Crippen molar-refractivity contribution in [3.05, 3.63) is 65.9 Å². The van der Waals surface area contributed by atoms with Gasteiger partial charge in [0.1, 0.15) is 5.69 Å². The van der Waals surface area contributed by atoms with Crippen LogP contribution in [0.5, 0.6) is 0 Å². The SMILES string of the molecule is N=N/C(C(=O)NC1CC1)=C(\[NH2+]c1ccc(NC(N)=O)cc1)c1ccccc1. The standard InChI is InChI=1S/C19H20N6O2/c20-19(27)24-15-10-6-13(7-11-15)22-16(12-4-2-1-3-5-12)17(25-21)18(26)23-14-8-9-14/h1-7,10-11,14,21-22H,8-9H2,(H,23,26)(H3,20,24,27)/p+1/b17-16-,25-21?. The van der Waals surface area contributed by atoms with E-state index in [1.54, 1.807) is 29.6 Å². The molecule has 0 spiro atoms. The summed E-state index contributed by atoms with van der Waals surface area (Å²) >= 11 is 0. The number of nitrogens with one attached hydrogen (secondary N) is 3. The maximum Gasteiger partial charge on any atom is 0.316 e. The highest BCUT2D eigenvalue weighted by molar-refractivity contribution is 5.99. The summed E-state index contributed by atoms with van der Waals surface area (Å²) in [4.78, 5) is 23.5. The van der Waals surface area contributed by atoms with E-state index < -0.39 is 6.03 Å². The minimum Gasteiger partial charge on any atom is -0.351 e. The van der Waals surface area contributed by atoms with Crippen LogP contribution in [0.15, 0.2) is 65.4 Å². The number of carbonyl (C=O) groups excluding carboxylic acids is 2. The molecule has 0 atom stereocenters. The normalized spacial score (nSPS) is 14.1. The van der Waals surface area contributed by atoms with Crippen LogP contribution in [-0.2, 0) is 4.79 Å². The Morgan fingerprint density at radius 1 is 1.07 bits per heavy atom. The Kier molecular flexibility index (Phi) is 5.58. The number of rotatable bonds is 7. The van der Waals surface area contributed by atoms with Gasteiger partial charge in [0.2, 0.25) is 5.70 Å². The number of hydrogen-bond acceptors (Lipinski definition) is 4. The minimum atomic E-state index is -0.636. The highest BCUT2D eigenvalue weighted by Crippen LogP contribution is 2.21. The summed E-state index contributed by atoms with van der Waals surface area (Å²) < 4.78 is 0. The first-order chi connectivity index (χ1) is 13.1. The lowest BCUT2D eigenvalue weighted by Crippen LogP contribution is -2.75. The average molecular weight is 365 g/mol. The molecule has 0 aromatic heterocycles. The molecule has 1 aliphatic rings. The molecule has 8 nitrogen and oxygen atoms in total. The Balaban J connectivity index is 1.92. The number of amides is 3. The van der Waals surface area contributed by atoms with E-state index in [1.807, 2.05) is 30.3 Å². The third kappa shape index (κ3) is 4.99. The first-order valence-electron chi connectivity index (χ1n) is 8.56. The van der Waals surface area contributed by atoms with E-state index in [-0.39, 0.29) is 17.6 Å². The van der Waals surface area contributed by atoms with Gasteiger partial charge >= 0.3 is 6.03 Å². The van der Waals surface area contributed by atoms with Crippen molar-refractivity contribution >= 4 is 29.0 Å². The Bertz CT molecular complexity index is 873. The quantitative estimate of drug-likeness (QED) is 0.291. The lowest BCUT2D eigenvalue weighted by Gasteiger charge is -2.10. The van der Waals surface area contributed by atoms with Crippen molar-refractivity contribution < 1.29 is 14.9 Å². The molecule has 0 saturated heterocycles. The zero-order chi connectivity index (χ0) is 19.2. The van der Waals surface area contributed by atoms with Crippen molar-refractivity contribution in [2.24, 2.45) is 10.8 Å². The molecule has 0 radical (unpaired) electrons. The van der Waals surface area contributed by atoms with Gasteiger partial charge < -0.3 is 16.4 Å². The molecule has 0 unspecified atom stereocenters. The zero-order valence-electron chi connectivity index (χ0n) is 14.6. The van der Waals surface area contributed by atoms with Gasteiger partial charge in [-0.1, -0.05) is 18.2 Å². The van der Waals surface area contributed by atoms with Crippen LogP contribution in [0.4, 0.5) is 16.2 Å². The van der Waals surface area contributed by atoms with E-state index in [0.29, 0.717) is 11.4 Å². The molecule has 0 heterocycles. The Labute approximate surface area is 156 Å². The second kappa shape index (κ2) is 8.24. The molecule has 8 heteroatoms. The summed E-state index contributed by atoms with van der Waals surface area (Å²) in [6, 6.07) is 15.9. The van der Waals surface area contributed by atoms with Gasteiger partial charge in [-0.2, -0.15) is 0 Å². The fourth-order valence-corrected chi connectivity index (χ4v) is 2.59. The van der Waals surface area contributed by atoms with Crippen LogP contribution in [0.25, 0.3) is 5.70 Å². The summed E-state index contributed by atoms with van der Waals surface area (Å²) in [6.07, 6.45) is 1.91. The summed E-state index contributed by atoms with van der Waals surface area (Å²) in [5, 5.41) is 10.7. The Morgan fingerprint density at radius 3 is 2.30 bits per heavy atom. The van der Waals surface area contributed by atoms with E-state index in [1.165, 1.54) is 0 Å². The van der Waals surface area contributed by atoms with E-state index >= 15 is 0 Å². The van der Waals surface area contributed by atoms with Gasteiger partial charge in [0.15, 0.2) is 5.70 Å². The number of benzene rings is 2. The second-order valence-corrected chi connectivity index (χ2v) is 6.24. The average Bonchev–Trinajstić information content (AvgIpc) is 3.47. The zero-order valence-corrected chi connectivity index (χ0v) is 14.6. The number of nitrogens with zero attached hydrogens (tertiary/aromatic N) is 1. The number of primary amides is 1. The van der Waals surface area contributed by atoms with E-state index in [9.17, 15) is 9.59 Å². The van der Waals surface area contributed by atoms with Crippen molar-refractivity contribution in [3.63, 3.8) is 0 Å². The predicted molar refractivity (Wildman–Crippen MR) is 101 cm³/mol. The van der Waals surface area contributed by atoms with Gasteiger partial charge in [-0.15, -0.1) is 5.11 Å². The maximum atomic E-state index is 12.5. The van der Waals surface area contributed by atoms with Crippen LogP contribution in [0.1, 0.15) is 18.4 Å². The monoisotopic (exact) mass is 365 g/mol. The van der Waals surface area contributed by atoms with Gasteiger partial charge in [0, 0.05) is 29.4 Å². The highest BCUT2D eigenvalue weighted by atomic mass is 16.2. The molecule has 27 heavy (non-hydrogen) atoms. The van der Waals surface area contributed by atoms with Crippen LogP contribution in [0.3, 0.4) is 0 Å². The van der Waals surface area contributed by atoms with Crippen LogP contribution >= 0.6 is 0 Å². The van der Waals surface area contributed by atoms with Crippen molar-refractivity contribution in [2.45, 2.75) is 18.9 Å². The largest absolute Gasteiger partial charge is 0.351 e. The van der Waals surface area contributed by atoms with Crippen LogP contribution < -0.4 is 21.7 Å². The number of hydrogen-bond donors (Lipinski definition) is 5. The lowest BCUT2D eigenvalue weighted by molar-refractivity contribution is -0.469. The summed E-state index contributed by atoms with van der Waals surface area (Å²) in [6.45, 7) is 0. The van der Waals surface area contributed by atoms with Gasteiger partial charge in [-0.05, 0) is 37.1 Å². The van der Waals surface area contributed by atoms with Gasteiger partial charge in [-0.25, -0.2) is 10.3 Å². The van der Waals surface area contributed by atoms with Crippen molar-refractivity contribution in [2.75, 3.05) is 5.32 Å². The molecular formula is C19H21N6O2+. The van der Waals surface area contributed by atoms with E-state index in [0.717, 1.165) is 24.1 Å². The summed E-state index contributed by atoms with van der Waals surface area (Å²) in [5.74, 6) is -0.352. The summed E-state index contributed by atoms with van der Waals surface area (Å²) in [5.41, 5.74) is 15.4. The van der Waals surface area contributed by atoms with Crippen LogP contribution in [0, 0.1) is 5.53 Å². The van der Waals surface area contributed by atoms with Gasteiger partial charge in [0.25, 0.3) is 5.91 Å². The van der Waals surface area contributed by atoms with Gasteiger partial charge in [0.05, 0.1) is 0 Å². The number of quaternary nitrogens is 1. The Morgan fingerprint density at radius 2 is 1.74 bits per heavy atom. The molecule has 3 rings (SSSR count). The van der Waals surface area contributed by atoms with Gasteiger partial charge in [-0.3, -0.25) is 10.1 Å². The first-order valence-corrected chi connectivity index (χ1v) is 8.56. The van der Waals surface area contributed by atoms with E-state index in [4.69, 9.17) is 11.3 Å². The Hall–Kier alpha value is -3.52. The van der Waals surface area contributed by atoms with Crippen LogP contribution in [0.2, 0.25) is 0 Å². The number of urea groups is 1. The molecule has 1 fully saturated rings. The van der Waals surface area contributed by atoms with E-state index in [2.05, 4.69) is 15.7 Å². The molecule has 2 aromatic rings. The maximum absolute atomic E-state index is 12.5. The number of carbonyl (C=O) groups is 2. The van der Waals surface area contributed by atoms with Crippen molar-refractivity contribution in [1.82, 2.24) is 5.32 Å². The first kappa shape index (κ1) is 18.3.